The van der Waals surface area contributed by atoms with Gasteiger partial charge in [-0.3, -0.25) is 4.57 Å². The lowest BCUT2D eigenvalue weighted by molar-refractivity contribution is 0.402. The summed E-state index contributed by atoms with van der Waals surface area (Å²) in [5, 5.41) is 2.17. The van der Waals surface area contributed by atoms with Crippen LogP contribution in [0.4, 0.5) is 21.5 Å². The second-order valence-electron chi connectivity index (χ2n) is 14.5. The highest BCUT2D eigenvalue weighted by Crippen LogP contribution is 2.55. The number of halogens is 1. The van der Waals surface area contributed by atoms with Crippen molar-refractivity contribution in [3.8, 4) is 17.1 Å². The number of rotatable bonds is 5. The molecule has 0 radical (unpaired) electrons. The van der Waals surface area contributed by atoms with Crippen LogP contribution < -0.4 is 4.90 Å². The van der Waals surface area contributed by atoms with Crippen molar-refractivity contribution in [3.05, 3.63) is 180 Å². The van der Waals surface area contributed by atoms with Crippen molar-refractivity contribution in [2.75, 3.05) is 4.90 Å². The van der Waals surface area contributed by atoms with Gasteiger partial charge >= 0.3 is 0 Å². The van der Waals surface area contributed by atoms with Gasteiger partial charge in [-0.15, -0.1) is 0 Å². The van der Waals surface area contributed by atoms with Gasteiger partial charge in [0.15, 0.2) is 6.17 Å². The van der Waals surface area contributed by atoms with Gasteiger partial charge in [-0.1, -0.05) is 111 Å². The minimum absolute atomic E-state index is 0.292. The van der Waals surface area contributed by atoms with Crippen LogP contribution in [0.3, 0.4) is 0 Å². The molecule has 0 N–H and O–H groups in total. The van der Waals surface area contributed by atoms with Gasteiger partial charge in [0.05, 0.1) is 33.3 Å². The van der Waals surface area contributed by atoms with E-state index in [0.717, 1.165) is 72.7 Å². The van der Waals surface area contributed by atoms with Crippen LogP contribution in [-0.2, 0) is 12.5 Å². The average molecular weight is 690 g/mol. The first-order valence-electron chi connectivity index (χ1n) is 18.0. The van der Waals surface area contributed by atoms with E-state index >= 15 is 4.39 Å². The fourth-order valence-electron chi connectivity index (χ4n) is 8.42. The van der Waals surface area contributed by atoms with E-state index in [0.29, 0.717) is 11.1 Å². The van der Waals surface area contributed by atoms with E-state index in [1.807, 2.05) is 80.0 Å². The summed E-state index contributed by atoms with van der Waals surface area (Å²) >= 11 is 0. The molecule has 0 bridgehead atoms. The predicted octanol–water partition coefficient (Wildman–Crippen LogP) is 11.9. The van der Waals surface area contributed by atoms with Crippen molar-refractivity contribution < 1.29 is 4.39 Å². The first-order valence-corrected chi connectivity index (χ1v) is 18.0. The van der Waals surface area contributed by atoms with Gasteiger partial charge in [0.2, 0.25) is 0 Å². The Balaban J connectivity index is 1.14. The molecule has 10 rings (SSSR count). The Morgan fingerprint density at radius 2 is 1.32 bits per heavy atom. The third kappa shape index (κ3) is 4.68. The van der Waals surface area contributed by atoms with Crippen LogP contribution in [0.15, 0.2) is 158 Å². The molecule has 0 saturated carbocycles. The fraction of sp³-hybridized carbons (Fsp3) is 0.106. The Bertz CT molecular complexity index is 2870. The molecule has 6 aromatic carbocycles. The Morgan fingerprint density at radius 3 is 2.15 bits per heavy atom. The minimum atomic E-state index is -1.34. The van der Waals surface area contributed by atoms with Crippen molar-refractivity contribution in [1.82, 2.24) is 19.1 Å². The third-order valence-electron chi connectivity index (χ3n) is 11.0. The number of benzene rings is 6. The number of anilines is 3. The fourth-order valence-corrected chi connectivity index (χ4v) is 8.42. The number of para-hydroxylation sites is 5. The van der Waals surface area contributed by atoms with Gasteiger partial charge in [-0.25, -0.2) is 14.4 Å². The van der Waals surface area contributed by atoms with E-state index in [-0.39, 0.29) is 5.41 Å². The number of alkyl halides is 1. The lowest BCUT2D eigenvalue weighted by Gasteiger charge is -2.42. The Morgan fingerprint density at radius 1 is 0.642 bits per heavy atom. The van der Waals surface area contributed by atoms with E-state index in [9.17, 15) is 0 Å². The molecule has 0 saturated heterocycles. The zero-order valence-corrected chi connectivity index (χ0v) is 29.7. The number of aromatic nitrogens is 4. The summed E-state index contributed by atoms with van der Waals surface area (Å²) in [6.45, 7) is 4.57. The standard InChI is InChI=1S/C47H36FN5/c1-47(2)36-22-8-11-25-40(36)52(33-18-5-4-6-19-33)44-37(47)29-49-46-42(44)35-21-7-10-24-39(35)53(46)34-20-14-16-31(28-34)43(48)30-15-13-17-32(27-30)45-50-38-23-9-12-26-41(38)51(45)3/h4-29,43H,1-3H3. The molecule has 53 heavy (non-hydrogen) atoms. The quantitative estimate of drug-likeness (QED) is 0.181. The molecule has 9 aromatic rings. The number of hydrogen-bond donors (Lipinski definition) is 0. The highest BCUT2D eigenvalue weighted by molar-refractivity contribution is 6.17. The van der Waals surface area contributed by atoms with Gasteiger partial charge in [0, 0.05) is 46.5 Å². The molecule has 1 atom stereocenters. The van der Waals surface area contributed by atoms with Crippen molar-refractivity contribution in [2.24, 2.45) is 7.05 Å². The second-order valence-corrected chi connectivity index (χ2v) is 14.5. The molecule has 1 unspecified atom stereocenters. The second kappa shape index (κ2) is 11.8. The number of aryl methyl sites for hydroxylation is 1. The largest absolute Gasteiger partial charge is 0.327 e. The normalized spacial score (nSPS) is 14.1. The van der Waals surface area contributed by atoms with Gasteiger partial charge in [-0.2, -0.15) is 0 Å². The summed E-state index contributed by atoms with van der Waals surface area (Å²) in [7, 11) is 2.00. The monoisotopic (exact) mass is 689 g/mol. The zero-order valence-electron chi connectivity index (χ0n) is 29.7. The summed E-state index contributed by atoms with van der Waals surface area (Å²) < 4.78 is 21.0. The molecule has 0 aliphatic carbocycles. The number of imidazole rings is 1. The molecule has 0 amide bonds. The first kappa shape index (κ1) is 31.2. The van der Waals surface area contributed by atoms with Gasteiger partial charge < -0.3 is 9.47 Å². The van der Waals surface area contributed by atoms with Gasteiger partial charge in [0.1, 0.15) is 11.5 Å². The van der Waals surface area contributed by atoms with E-state index in [2.05, 4.69) is 113 Å². The zero-order chi connectivity index (χ0) is 35.8. The van der Waals surface area contributed by atoms with Crippen molar-refractivity contribution in [1.29, 1.82) is 0 Å². The van der Waals surface area contributed by atoms with Crippen LogP contribution >= 0.6 is 0 Å². The summed E-state index contributed by atoms with van der Waals surface area (Å²) in [6.07, 6.45) is 0.706. The smallest absolute Gasteiger partial charge is 0.150 e. The van der Waals surface area contributed by atoms with E-state index < -0.39 is 6.17 Å². The molecule has 0 fully saturated rings. The number of pyridine rings is 1. The van der Waals surface area contributed by atoms with Crippen LogP contribution in [0.25, 0.3) is 50.0 Å². The minimum Gasteiger partial charge on any atom is -0.327 e. The van der Waals surface area contributed by atoms with Crippen molar-refractivity contribution in [3.63, 3.8) is 0 Å². The van der Waals surface area contributed by atoms with Gasteiger partial charge in [-0.05, 0) is 71.3 Å². The van der Waals surface area contributed by atoms with Crippen LogP contribution in [0, 0.1) is 0 Å². The highest BCUT2D eigenvalue weighted by atomic mass is 19.1. The summed E-state index contributed by atoms with van der Waals surface area (Å²) in [6, 6.07) is 51.3. The SMILES string of the molecule is Cn1c(-c2cccc(C(F)c3cccc(-n4c5ccccc5c5c6c(cnc54)C(C)(C)c4ccccc4N6c4ccccc4)c3)c2)nc2ccccc21. The lowest BCUT2D eigenvalue weighted by Crippen LogP contribution is -2.31. The maximum absolute atomic E-state index is 16.7. The Kier molecular flexibility index (Phi) is 6.92. The average Bonchev–Trinajstić information content (AvgIpc) is 3.73. The predicted molar refractivity (Wildman–Crippen MR) is 214 cm³/mol. The van der Waals surface area contributed by atoms with Crippen LogP contribution in [0.5, 0.6) is 0 Å². The topological polar surface area (TPSA) is 38.9 Å². The molecule has 6 heteroatoms. The Labute approximate surface area is 307 Å². The molecule has 4 heterocycles. The Hall–Kier alpha value is -6.53. The number of nitrogens with zero attached hydrogens (tertiary/aromatic N) is 5. The van der Waals surface area contributed by atoms with Gasteiger partial charge in [0.25, 0.3) is 0 Å². The summed E-state index contributed by atoms with van der Waals surface area (Å²) in [4.78, 5) is 12.5. The third-order valence-corrected chi connectivity index (χ3v) is 11.0. The molecule has 3 aromatic heterocycles. The molecule has 0 spiro atoms. The summed E-state index contributed by atoms with van der Waals surface area (Å²) in [5.41, 5.74) is 12.2. The van der Waals surface area contributed by atoms with Crippen molar-refractivity contribution in [2.45, 2.75) is 25.4 Å². The number of hydrogen-bond acceptors (Lipinski definition) is 3. The molecular formula is C47H36FN5. The van der Waals surface area contributed by atoms with Crippen molar-refractivity contribution >= 4 is 50.0 Å². The van der Waals surface area contributed by atoms with E-state index in [4.69, 9.17) is 9.97 Å². The molecule has 256 valence electrons. The molecule has 1 aliphatic heterocycles. The maximum Gasteiger partial charge on any atom is 0.150 e. The van der Waals surface area contributed by atoms with Crippen LogP contribution in [0.2, 0.25) is 0 Å². The van der Waals surface area contributed by atoms with Crippen LogP contribution in [-0.4, -0.2) is 19.1 Å². The lowest BCUT2D eigenvalue weighted by atomic mass is 9.73. The molecular weight excluding hydrogens is 654 g/mol. The maximum atomic E-state index is 16.7. The first-order chi connectivity index (χ1) is 25.9. The summed E-state index contributed by atoms with van der Waals surface area (Å²) in [5.74, 6) is 0.809. The molecule has 5 nitrogen and oxygen atoms in total. The highest BCUT2D eigenvalue weighted by Gasteiger charge is 2.39. The van der Waals surface area contributed by atoms with Crippen LogP contribution in [0.1, 0.15) is 42.3 Å². The number of fused-ring (bicyclic) bond motifs is 7. The van der Waals surface area contributed by atoms with E-state index in [1.54, 1.807) is 0 Å². The molecule has 1 aliphatic rings. The van der Waals surface area contributed by atoms with E-state index in [1.165, 1.54) is 5.56 Å².